The number of para-hydroxylation sites is 1. The molecule has 2 atom stereocenters. The molecular weight excluding hydrogens is 276 g/mol. The number of hydrogen-bond acceptors (Lipinski definition) is 3. The summed E-state index contributed by atoms with van der Waals surface area (Å²) >= 11 is 0. The third-order valence-electron chi connectivity index (χ3n) is 3.18. The number of amides is 1. The van der Waals surface area contributed by atoms with Gasteiger partial charge in [-0.3, -0.25) is 4.79 Å². The van der Waals surface area contributed by atoms with Crippen molar-refractivity contribution in [3.63, 3.8) is 0 Å². The smallest absolute Gasteiger partial charge is 0.258 e. The highest BCUT2D eigenvalue weighted by atomic mass is 35.5. The molecule has 3 N–H and O–H groups in total. The maximum Gasteiger partial charge on any atom is 0.258 e. The monoisotopic (exact) mass is 300 g/mol. The summed E-state index contributed by atoms with van der Waals surface area (Å²) in [5.74, 6) is 1.06. The molecule has 1 aromatic rings. The summed E-state index contributed by atoms with van der Waals surface area (Å²) in [4.78, 5) is 11.6. The van der Waals surface area contributed by atoms with E-state index in [4.69, 9.17) is 10.5 Å². The quantitative estimate of drug-likeness (QED) is 0.813. The van der Waals surface area contributed by atoms with Gasteiger partial charge in [-0.2, -0.15) is 0 Å². The van der Waals surface area contributed by atoms with Crippen molar-refractivity contribution < 1.29 is 9.53 Å². The van der Waals surface area contributed by atoms with Gasteiger partial charge in [-0.05, 0) is 30.9 Å². The number of nitrogens with one attached hydrogen (secondary N) is 1. The Balaban J connectivity index is 0.00000361. The van der Waals surface area contributed by atoms with Gasteiger partial charge in [-0.25, -0.2) is 0 Å². The first-order chi connectivity index (χ1) is 9.08. The van der Waals surface area contributed by atoms with Crippen LogP contribution in [0.5, 0.6) is 5.75 Å². The molecule has 0 aliphatic heterocycles. The highest BCUT2D eigenvalue weighted by Gasteiger charge is 2.11. The Labute approximate surface area is 127 Å². The van der Waals surface area contributed by atoms with Crippen LogP contribution < -0.4 is 15.8 Å². The zero-order valence-electron chi connectivity index (χ0n) is 12.4. The Bertz CT molecular complexity index is 413. The van der Waals surface area contributed by atoms with Crippen molar-refractivity contribution in [2.24, 2.45) is 5.73 Å². The van der Waals surface area contributed by atoms with Gasteiger partial charge < -0.3 is 15.8 Å². The van der Waals surface area contributed by atoms with E-state index >= 15 is 0 Å². The molecule has 0 aromatic heterocycles. The molecule has 20 heavy (non-hydrogen) atoms. The Morgan fingerprint density at radius 2 is 2.00 bits per heavy atom. The van der Waals surface area contributed by atoms with Gasteiger partial charge in [0.15, 0.2) is 6.61 Å². The molecule has 1 amide bonds. The topological polar surface area (TPSA) is 64.3 Å². The molecule has 0 heterocycles. The molecule has 0 saturated carbocycles. The lowest BCUT2D eigenvalue weighted by Gasteiger charge is -2.16. The summed E-state index contributed by atoms with van der Waals surface area (Å²) in [6.45, 7) is 6.60. The Kier molecular flexibility index (Phi) is 9.01. The maximum absolute atomic E-state index is 11.6. The van der Waals surface area contributed by atoms with Crippen LogP contribution in [-0.2, 0) is 4.79 Å². The Morgan fingerprint density at radius 1 is 1.35 bits per heavy atom. The van der Waals surface area contributed by atoms with Crippen molar-refractivity contribution in [3.05, 3.63) is 29.8 Å². The van der Waals surface area contributed by atoms with Crippen molar-refractivity contribution in [2.45, 2.75) is 39.2 Å². The molecule has 0 aliphatic rings. The minimum Gasteiger partial charge on any atom is -0.483 e. The molecule has 0 saturated heterocycles. The number of rotatable bonds is 7. The number of carbonyl (C=O) groups excluding carboxylic acids is 1. The first-order valence-electron chi connectivity index (χ1n) is 6.79. The lowest BCUT2D eigenvalue weighted by atomic mass is 9.98. The second-order valence-corrected chi connectivity index (χ2v) is 4.84. The van der Waals surface area contributed by atoms with Crippen LogP contribution in [0.3, 0.4) is 0 Å². The van der Waals surface area contributed by atoms with E-state index in [2.05, 4.69) is 19.2 Å². The zero-order valence-corrected chi connectivity index (χ0v) is 13.2. The minimum atomic E-state index is -0.142. The van der Waals surface area contributed by atoms with Gasteiger partial charge in [-0.1, -0.05) is 32.0 Å². The highest BCUT2D eigenvalue weighted by Crippen LogP contribution is 2.28. The number of halogens is 1. The molecular formula is C15H25ClN2O2. The van der Waals surface area contributed by atoms with Crippen LogP contribution in [0, 0.1) is 0 Å². The Hall–Kier alpha value is -1.26. The van der Waals surface area contributed by atoms with Gasteiger partial charge in [0.05, 0.1) is 0 Å². The summed E-state index contributed by atoms with van der Waals surface area (Å²) in [6.07, 6.45) is 1.04. The van der Waals surface area contributed by atoms with Gasteiger partial charge in [0.25, 0.3) is 5.91 Å². The fraction of sp³-hybridized carbons (Fsp3) is 0.533. The van der Waals surface area contributed by atoms with Crippen molar-refractivity contribution >= 4 is 18.3 Å². The van der Waals surface area contributed by atoms with Crippen molar-refractivity contribution in [1.82, 2.24) is 5.32 Å². The molecule has 0 radical (unpaired) electrons. The molecule has 0 fully saturated rings. The van der Waals surface area contributed by atoms with E-state index in [1.54, 1.807) is 0 Å². The van der Waals surface area contributed by atoms with Crippen molar-refractivity contribution in [2.75, 3.05) is 13.2 Å². The van der Waals surface area contributed by atoms with E-state index < -0.39 is 0 Å². The standard InChI is InChI=1S/C15H24N2O2.ClH/c1-4-11(2)13-7-5-6-8-14(13)19-10-15(18)17-12(3)9-16;/h5-8,11-12H,4,9-10,16H2,1-3H3,(H,17,18);1H/t11?,12-;/m0./s1. The van der Waals surface area contributed by atoms with E-state index in [9.17, 15) is 4.79 Å². The fourth-order valence-corrected chi connectivity index (χ4v) is 1.76. The van der Waals surface area contributed by atoms with Gasteiger partial charge in [0.2, 0.25) is 0 Å². The van der Waals surface area contributed by atoms with Crippen LogP contribution in [0.4, 0.5) is 0 Å². The first kappa shape index (κ1) is 18.7. The number of hydrogen-bond donors (Lipinski definition) is 2. The van der Waals surface area contributed by atoms with E-state index in [-0.39, 0.29) is 31.0 Å². The minimum absolute atomic E-state index is 0. The molecule has 5 heteroatoms. The van der Waals surface area contributed by atoms with Crippen molar-refractivity contribution in [1.29, 1.82) is 0 Å². The van der Waals surface area contributed by atoms with Crippen LogP contribution >= 0.6 is 12.4 Å². The third kappa shape index (κ3) is 5.80. The molecule has 0 aliphatic carbocycles. The molecule has 4 nitrogen and oxygen atoms in total. The van der Waals surface area contributed by atoms with E-state index in [1.807, 2.05) is 31.2 Å². The third-order valence-corrected chi connectivity index (χ3v) is 3.18. The summed E-state index contributed by atoms with van der Waals surface area (Å²) in [6, 6.07) is 7.83. The molecule has 1 unspecified atom stereocenters. The number of benzene rings is 1. The van der Waals surface area contributed by atoms with Gasteiger partial charge in [0, 0.05) is 12.6 Å². The number of carbonyl (C=O) groups is 1. The van der Waals surface area contributed by atoms with E-state index in [0.717, 1.165) is 17.7 Å². The lowest BCUT2D eigenvalue weighted by molar-refractivity contribution is -0.123. The molecule has 0 bridgehead atoms. The largest absolute Gasteiger partial charge is 0.483 e. The molecule has 1 aromatic carbocycles. The SMILES string of the molecule is CCC(C)c1ccccc1OCC(=O)N[C@@H](C)CN.Cl. The fourth-order valence-electron chi connectivity index (χ4n) is 1.76. The van der Waals surface area contributed by atoms with Gasteiger partial charge >= 0.3 is 0 Å². The summed E-state index contributed by atoms with van der Waals surface area (Å²) in [5, 5.41) is 2.77. The lowest BCUT2D eigenvalue weighted by Crippen LogP contribution is -2.40. The van der Waals surface area contributed by atoms with E-state index in [1.165, 1.54) is 0 Å². The average Bonchev–Trinajstić information content (AvgIpc) is 2.44. The van der Waals surface area contributed by atoms with E-state index in [0.29, 0.717) is 12.5 Å². The first-order valence-corrected chi connectivity index (χ1v) is 6.79. The van der Waals surface area contributed by atoms with Crippen molar-refractivity contribution in [3.8, 4) is 5.75 Å². The second-order valence-electron chi connectivity index (χ2n) is 4.84. The van der Waals surface area contributed by atoms with Gasteiger partial charge in [0.1, 0.15) is 5.75 Å². The van der Waals surface area contributed by atoms with Gasteiger partial charge in [-0.15, -0.1) is 12.4 Å². The molecule has 114 valence electrons. The Morgan fingerprint density at radius 3 is 2.60 bits per heavy atom. The van der Waals surface area contributed by atoms with Crippen LogP contribution in [0.2, 0.25) is 0 Å². The maximum atomic E-state index is 11.6. The predicted molar refractivity (Wildman–Crippen MR) is 84.6 cm³/mol. The predicted octanol–water partition coefficient (Wildman–Crippen LogP) is 2.46. The molecule has 1 rings (SSSR count). The van der Waals surface area contributed by atoms with Crippen LogP contribution in [0.1, 0.15) is 38.7 Å². The summed E-state index contributed by atoms with van der Waals surface area (Å²) in [5.41, 5.74) is 6.60. The number of nitrogens with two attached hydrogens (primary N) is 1. The normalized spacial score (nSPS) is 13.0. The number of ether oxygens (including phenoxy) is 1. The van der Waals surface area contributed by atoms with Crippen LogP contribution in [-0.4, -0.2) is 25.1 Å². The summed E-state index contributed by atoms with van der Waals surface area (Å²) in [7, 11) is 0. The van der Waals surface area contributed by atoms with Crippen LogP contribution in [0.25, 0.3) is 0 Å². The second kappa shape index (κ2) is 9.61. The van der Waals surface area contributed by atoms with Crippen LogP contribution in [0.15, 0.2) is 24.3 Å². The summed E-state index contributed by atoms with van der Waals surface area (Å²) < 4.78 is 5.61. The zero-order chi connectivity index (χ0) is 14.3. The highest BCUT2D eigenvalue weighted by molar-refractivity contribution is 5.85. The molecule has 0 spiro atoms. The average molecular weight is 301 g/mol.